The Hall–Kier alpha value is -2.94. The van der Waals surface area contributed by atoms with Crippen LogP contribution in [-0.2, 0) is 4.79 Å². The number of hydrogen-bond donors (Lipinski definition) is 2. The predicted octanol–water partition coefficient (Wildman–Crippen LogP) is 2.89. The zero-order chi connectivity index (χ0) is 19.4. The Labute approximate surface area is 158 Å². The second-order valence-corrected chi connectivity index (χ2v) is 7.14. The Balaban J connectivity index is 1.70. The lowest BCUT2D eigenvalue weighted by Gasteiger charge is -2.08. The number of rotatable bonds is 7. The van der Waals surface area contributed by atoms with Gasteiger partial charge >= 0.3 is 0 Å². The van der Waals surface area contributed by atoms with Gasteiger partial charge in [-0.15, -0.1) is 0 Å². The van der Waals surface area contributed by atoms with Crippen LogP contribution in [0.1, 0.15) is 23.2 Å². The number of carbonyl (C=O) groups is 2. The minimum atomic E-state index is -0.581. The van der Waals surface area contributed by atoms with Gasteiger partial charge in [-0.2, -0.15) is 0 Å². The number of halogens is 1. The van der Waals surface area contributed by atoms with E-state index in [9.17, 15) is 24.1 Å². The van der Waals surface area contributed by atoms with E-state index >= 15 is 0 Å². The summed E-state index contributed by atoms with van der Waals surface area (Å²) in [5.41, 5.74) is -0.149. The van der Waals surface area contributed by atoms with Gasteiger partial charge < -0.3 is 10.6 Å². The Bertz CT molecular complexity index is 885. The van der Waals surface area contributed by atoms with Crippen LogP contribution in [0.4, 0.5) is 10.1 Å². The highest BCUT2D eigenvalue weighted by atomic mass is 32.2. The van der Waals surface area contributed by atoms with Gasteiger partial charge in [-0.1, -0.05) is 11.8 Å². The summed E-state index contributed by atoms with van der Waals surface area (Å²) in [6.07, 6.45) is 1.89. The van der Waals surface area contributed by atoms with Crippen LogP contribution in [0.3, 0.4) is 0 Å². The van der Waals surface area contributed by atoms with Crippen molar-refractivity contribution in [3.63, 3.8) is 0 Å². The molecule has 1 fully saturated rings. The zero-order valence-electron chi connectivity index (χ0n) is 14.1. The van der Waals surface area contributed by atoms with Crippen molar-refractivity contribution in [2.45, 2.75) is 28.7 Å². The van der Waals surface area contributed by atoms with Crippen molar-refractivity contribution in [2.24, 2.45) is 0 Å². The fourth-order valence-electron chi connectivity index (χ4n) is 2.29. The van der Waals surface area contributed by atoms with Crippen LogP contribution < -0.4 is 10.6 Å². The largest absolute Gasteiger partial charge is 0.352 e. The molecule has 7 nitrogen and oxygen atoms in total. The number of nitro benzene ring substituents is 1. The lowest BCUT2D eigenvalue weighted by molar-refractivity contribution is -0.387. The highest BCUT2D eigenvalue weighted by Gasteiger charge is 2.23. The normalized spacial score (nSPS) is 13.1. The van der Waals surface area contributed by atoms with Crippen LogP contribution in [0.2, 0.25) is 0 Å². The monoisotopic (exact) mass is 389 g/mol. The summed E-state index contributed by atoms with van der Waals surface area (Å²) in [7, 11) is 0. The van der Waals surface area contributed by atoms with Crippen LogP contribution in [0.15, 0.2) is 52.3 Å². The van der Waals surface area contributed by atoms with Crippen LogP contribution in [0, 0.1) is 15.9 Å². The Kier molecular flexibility index (Phi) is 5.70. The van der Waals surface area contributed by atoms with Crippen molar-refractivity contribution in [2.75, 3.05) is 6.54 Å². The lowest BCUT2D eigenvalue weighted by Crippen LogP contribution is -2.37. The second kappa shape index (κ2) is 8.17. The molecule has 2 amide bonds. The maximum Gasteiger partial charge on any atom is 0.284 e. The highest BCUT2D eigenvalue weighted by molar-refractivity contribution is 7.99. The van der Waals surface area contributed by atoms with E-state index in [2.05, 4.69) is 10.6 Å². The van der Waals surface area contributed by atoms with E-state index in [-0.39, 0.29) is 29.7 Å². The molecular formula is C18H16FN3O4S. The average Bonchev–Trinajstić information content (AvgIpc) is 3.45. The number of nitrogens with zero attached hydrogens (tertiary/aromatic N) is 1. The molecule has 0 radical (unpaired) electrons. The fourth-order valence-corrected chi connectivity index (χ4v) is 3.19. The molecule has 0 spiro atoms. The summed E-state index contributed by atoms with van der Waals surface area (Å²) in [5, 5.41) is 16.6. The highest BCUT2D eigenvalue weighted by Crippen LogP contribution is 2.35. The van der Waals surface area contributed by atoms with Crippen molar-refractivity contribution in [3.8, 4) is 0 Å². The molecule has 1 saturated carbocycles. The van der Waals surface area contributed by atoms with Gasteiger partial charge in [-0.25, -0.2) is 4.39 Å². The van der Waals surface area contributed by atoms with Crippen LogP contribution >= 0.6 is 11.8 Å². The molecule has 9 heteroatoms. The molecule has 2 N–H and O–H groups in total. The minimum Gasteiger partial charge on any atom is -0.352 e. The Morgan fingerprint density at radius 1 is 1.19 bits per heavy atom. The van der Waals surface area contributed by atoms with E-state index in [4.69, 9.17) is 0 Å². The summed E-state index contributed by atoms with van der Waals surface area (Å²) in [6.45, 7) is -0.185. The Morgan fingerprint density at radius 2 is 1.89 bits per heavy atom. The van der Waals surface area contributed by atoms with E-state index in [0.717, 1.165) is 24.6 Å². The number of amides is 2. The standard InChI is InChI=1S/C18H16FN3O4S/c19-12-2-6-14(7-3-12)27-16-8-1-11(9-15(16)22(25)26)18(24)20-10-17(23)21-13-4-5-13/h1-3,6-9,13H,4-5,10H2,(H,20,24)(H,21,23). The summed E-state index contributed by atoms with van der Waals surface area (Å²) >= 11 is 1.10. The molecule has 1 aliphatic rings. The SMILES string of the molecule is O=C(CNC(=O)c1ccc(Sc2ccc(F)cc2)c([N+](=O)[O-])c1)NC1CC1. The first kappa shape index (κ1) is 18.8. The molecular weight excluding hydrogens is 373 g/mol. The lowest BCUT2D eigenvalue weighted by atomic mass is 10.2. The van der Waals surface area contributed by atoms with Crippen molar-refractivity contribution >= 4 is 29.3 Å². The summed E-state index contributed by atoms with van der Waals surface area (Å²) in [5.74, 6) is -1.25. The van der Waals surface area contributed by atoms with Crippen molar-refractivity contribution in [1.29, 1.82) is 0 Å². The molecule has 0 atom stereocenters. The summed E-state index contributed by atoms with van der Waals surface area (Å²) < 4.78 is 13.0. The van der Waals surface area contributed by atoms with Crippen LogP contribution in [0.25, 0.3) is 0 Å². The third kappa shape index (κ3) is 5.27. The number of hydrogen-bond acceptors (Lipinski definition) is 5. The number of benzene rings is 2. The van der Waals surface area contributed by atoms with Gasteiger partial charge in [-0.05, 0) is 49.2 Å². The predicted molar refractivity (Wildman–Crippen MR) is 97.1 cm³/mol. The fraction of sp³-hybridized carbons (Fsp3) is 0.222. The molecule has 0 saturated heterocycles. The van der Waals surface area contributed by atoms with Gasteiger partial charge in [0.05, 0.1) is 16.4 Å². The van der Waals surface area contributed by atoms with E-state index < -0.39 is 16.6 Å². The zero-order valence-corrected chi connectivity index (χ0v) is 14.9. The number of nitrogens with one attached hydrogen (secondary N) is 2. The third-order valence-electron chi connectivity index (χ3n) is 3.81. The van der Waals surface area contributed by atoms with E-state index in [0.29, 0.717) is 9.79 Å². The maximum absolute atomic E-state index is 13.0. The van der Waals surface area contributed by atoms with Crippen LogP contribution in [0.5, 0.6) is 0 Å². The molecule has 140 valence electrons. The quantitative estimate of drug-likeness (QED) is 0.560. The molecule has 0 heterocycles. The van der Waals surface area contributed by atoms with E-state index in [1.165, 1.54) is 42.5 Å². The van der Waals surface area contributed by atoms with E-state index in [1.54, 1.807) is 0 Å². The van der Waals surface area contributed by atoms with Gasteiger partial charge in [0.1, 0.15) is 5.82 Å². The van der Waals surface area contributed by atoms with Gasteiger partial charge in [0.25, 0.3) is 11.6 Å². The second-order valence-electron chi connectivity index (χ2n) is 6.02. The molecule has 0 unspecified atom stereocenters. The van der Waals surface area contributed by atoms with Crippen LogP contribution in [-0.4, -0.2) is 29.3 Å². The molecule has 1 aliphatic carbocycles. The van der Waals surface area contributed by atoms with Crippen molar-refractivity contribution < 1.29 is 18.9 Å². The summed E-state index contributed by atoms with van der Waals surface area (Å²) in [6, 6.07) is 9.84. The number of carbonyl (C=O) groups excluding carboxylic acids is 2. The van der Waals surface area contributed by atoms with Crippen molar-refractivity contribution in [1.82, 2.24) is 10.6 Å². The molecule has 0 aliphatic heterocycles. The smallest absolute Gasteiger partial charge is 0.284 e. The third-order valence-corrected chi connectivity index (χ3v) is 4.88. The van der Waals surface area contributed by atoms with Crippen molar-refractivity contribution in [3.05, 3.63) is 64.0 Å². The van der Waals surface area contributed by atoms with Gasteiger partial charge in [0.2, 0.25) is 5.91 Å². The topological polar surface area (TPSA) is 101 Å². The minimum absolute atomic E-state index is 0.0874. The first-order chi connectivity index (χ1) is 12.9. The molecule has 0 bridgehead atoms. The molecule has 2 aromatic rings. The average molecular weight is 389 g/mol. The van der Waals surface area contributed by atoms with Gasteiger partial charge in [0, 0.05) is 22.6 Å². The maximum atomic E-state index is 13.0. The molecule has 0 aromatic heterocycles. The molecule has 2 aromatic carbocycles. The van der Waals surface area contributed by atoms with Gasteiger partial charge in [-0.3, -0.25) is 19.7 Å². The molecule has 3 rings (SSSR count). The first-order valence-electron chi connectivity index (χ1n) is 8.22. The summed E-state index contributed by atoms with van der Waals surface area (Å²) in [4.78, 5) is 35.5. The molecule has 27 heavy (non-hydrogen) atoms. The first-order valence-corrected chi connectivity index (χ1v) is 9.03. The Morgan fingerprint density at radius 3 is 2.52 bits per heavy atom. The van der Waals surface area contributed by atoms with Gasteiger partial charge in [0.15, 0.2) is 0 Å². The number of nitro groups is 1. The van der Waals surface area contributed by atoms with E-state index in [1.807, 2.05) is 0 Å².